The molecule has 3 rings (SSSR count). The predicted octanol–water partition coefficient (Wildman–Crippen LogP) is 2.68. The molecule has 0 aliphatic heterocycles. The van der Waals surface area contributed by atoms with Crippen LogP contribution < -0.4 is 9.47 Å². The lowest BCUT2D eigenvalue weighted by atomic mass is 10.2. The number of hydrogen-bond donors (Lipinski definition) is 1. The van der Waals surface area contributed by atoms with Gasteiger partial charge in [0.2, 0.25) is 0 Å². The second-order valence-electron chi connectivity index (χ2n) is 4.28. The fourth-order valence-corrected chi connectivity index (χ4v) is 2.64. The van der Waals surface area contributed by atoms with Crippen LogP contribution in [-0.2, 0) is 6.61 Å². The Morgan fingerprint density at radius 2 is 2.29 bits per heavy atom. The van der Waals surface area contributed by atoms with Gasteiger partial charge in [-0.2, -0.15) is 0 Å². The van der Waals surface area contributed by atoms with Crippen LogP contribution in [0, 0.1) is 0 Å². The first kappa shape index (κ1) is 13.4. The highest BCUT2D eigenvalue weighted by molar-refractivity contribution is 7.15. The number of fused-ring (bicyclic) bond motifs is 1. The molecule has 0 amide bonds. The van der Waals surface area contributed by atoms with Gasteiger partial charge in [0, 0.05) is 17.8 Å². The van der Waals surface area contributed by atoms with Gasteiger partial charge in [0.25, 0.3) is 0 Å². The average molecular weight is 304 g/mol. The normalized spacial score (nSPS) is 10.7. The third-order valence-corrected chi connectivity index (χ3v) is 3.70. The Balaban J connectivity index is 1.77. The van der Waals surface area contributed by atoms with E-state index in [2.05, 4.69) is 4.98 Å². The first-order valence-corrected chi connectivity index (χ1v) is 7.00. The van der Waals surface area contributed by atoms with Crippen molar-refractivity contribution in [1.29, 1.82) is 0 Å². The number of rotatable bonds is 5. The summed E-state index contributed by atoms with van der Waals surface area (Å²) in [7, 11) is 1.47. The quantitative estimate of drug-likeness (QED) is 0.784. The summed E-state index contributed by atoms with van der Waals surface area (Å²) in [6, 6.07) is 4.50. The molecule has 7 heteroatoms. The van der Waals surface area contributed by atoms with Crippen LogP contribution >= 0.6 is 11.3 Å². The zero-order valence-corrected chi connectivity index (χ0v) is 12.0. The number of carbonyl (C=O) groups is 1. The van der Waals surface area contributed by atoms with Crippen LogP contribution in [0.15, 0.2) is 36.0 Å². The maximum Gasteiger partial charge on any atom is 0.335 e. The zero-order valence-electron chi connectivity index (χ0n) is 11.1. The summed E-state index contributed by atoms with van der Waals surface area (Å²) >= 11 is 1.55. The van der Waals surface area contributed by atoms with Crippen molar-refractivity contribution in [2.24, 2.45) is 0 Å². The molecular formula is C14H12N2O4S. The number of carboxylic acids is 1. The number of carboxylic acid groups (broad SMARTS) is 1. The molecular weight excluding hydrogens is 292 g/mol. The van der Waals surface area contributed by atoms with E-state index in [0.29, 0.717) is 11.5 Å². The van der Waals surface area contributed by atoms with E-state index < -0.39 is 5.97 Å². The fourth-order valence-electron chi connectivity index (χ4n) is 1.92. The van der Waals surface area contributed by atoms with Gasteiger partial charge in [-0.3, -0.25) is 4.40 Å². The Morgan fingerprint density at radius 1 is 1.43 bits per heavy atom. The summed E-state index contributed by atoms with van der Waals surface area (Å²) in [6.07, 6.45) is 3.82. The highest BCUT2D eigenvalue weighted by atomic mass is 32.1. The van der Waals surface area contributed by atoms with Crippen molar-refractivity contribution in [3.8, 4) is 11.5 Å². The maximum absolute atomic E-state index is 10.9. The number of nitrogens with zero attached hydrogens (tertiary/aromatic N) is 2. The SMILES string of the molecule is COc1cc(C(=O)O)ccc1OCc1cn2ccsc2n1. The minimum atomic E-state index is -1.01. The number of aromatic carboxylic acids is 1. The van der Waals surface area contributed by atoms with Crippen LogP contribution in [0.4, 0.5) is 0 Å². The van der Waals surface area contributed by atoms with Gasteiger partial charge in [0.1, 0.15) is 6.61 Å². The third-order valence-electron chi connectivity index (χ3n) is 2.93. The summed E-state index contributed by atoms with van der Waals surface area (Å²) in [5, 5.41) is 10.9. The zero-order chi connectivity index (χ0) is 14.8. The van der Waals surface area contributed by atoms with Crippen LogP contribution in [0.2, 0.25) is 0 Å². The van der Waals surface area contributed by atoms with Gasteiger partial charge in [0.15, 0.2) is 16.5 Å². The first-order chi connectivity index (χ1) is 10.2. The number of imidazole rings is 1. The van der Waals surface area contributed by atoms with Crippen molar-refractivity contribution in [3.63, 3.8) is 0 Å². The molecule has 0 saturated heterocycles. The number of hydrogen-bond acceptors (Lipinski definition) is 5. The van der Waals surface area contributed by atoms with Crippen LogP contribution in [0.5, 0.6) is 11.5 Å². The first-order valence-electron chi connectivity index (χ1n) is 6.12. The molecule has 6 nitrogen and oxygen atoms in total. The van der Waals surface area contributed by atoms with Gasteiger partial charge < -0.3 is 14.6 Å². The van der Waals surface area contributed by atoms with Gasteiger partial charge in [0.05, 0.1) is 18.4 Å². The molecule has 0 saturated carbocycles. The van der Waals surface area contributed by atoms with E-state index in [1.165, 1.54) is 19.2 Å². The number of benzene rings is 1. The van der Waals surface area contributed by atoms with Crippen molar-refractivity contribution in [1.82, 2.24) is 9.38 Å². The fraction of sp³-hybridized carbons (Fsp3) is 0.143. The van der Waals surface area contributed by atoms with Crippen LogP contribution in [0.3, 0.4) is 0 Å². The van der Waals surface area contributed by atoms with E-state index in [4.69, 9.17) is 14.6 Å². The molecule has 108 valence electrons. The Labute approximate surface area is 124 Å². The number of ether oxygens (including phenoxy) is 2. The van der Waals surface area contributed by atoms with Gasteiger partial charge in [-0.1, -0.05) is 0 Å². The largest absolute Gasteiger partial charge is 0.493 e. The van der Waals surface area contributed by atoms with Crippen LogP contribution in [0.1, 0.15) is 16.1 Å². The van der Waals surface area contributed by atoms with Gasteiger partial charge >= 0.3 is 5.97 Å². The van der Waals surface area contributed by atoms with Crippen molar-refractivity contribution in [3.05, 3.63) is 47.2 Å². The minimum Gasteiger partial charge on any atom is -0.493 e. The Morgan fingerprint density at radius 3 is 3.00 bits per heavy atom. The number of methoxy groups -OCH3 is 1. The molecule has 2 heterocycles. The smallest absolute Gasteiger partial charge is 0.335 e. The molecule has 0 bridgehead atoms. The lowest BCUT2D eigenvalue weighted by Gasteiger charge is -2.10. The summed E-state index contributed by atoms with van der Waals surface area (Å²) in [4.78, 5) is 16.2. The van der Waals surface area contributed by atoms with E-state index in [1.54, 1.807) is 17.4 Å². The van der Waals surface area contributed by atoms with E-state index in [-0.39, 0.29) is 12.2 Å². The van der Waals surface area contributed by atoms with E-state index in [1.807, 2.05) is 22.2 Å². The van der Waals surface area contributed by atoms with Crippen molar-refractivity contribution in [2.75, 3.05) is 7.11 Å². The van der Waals surface area contributed by atoms with E-state index in [9.17, 15) is 4.79 Å². The van der Waals surface area contributed by atoms with Gasteiger partial charge in [-0.25, -0.2) is 9.78 Å². The van der Waals surface area contributed by atoms with Crippen molar-refractivity contribution in [2.45, 2.75) is 6.61 Å². The highest BCUT2D eigenvalue weighted by Crippen LogP contribution is 2.28. The van der Waals surface area contributed by atoms with E-state index >= 15 is 0 Å². The average Bonchev–Trinajstić information content (AvgIpc) is 3.05. The molecule has 3 aromatic rings. The molecule has 0 fully saturated rings. The molecule has 21 heavy (non-hydrogen) atoms. The monoisotopic (exact) mass is 304 g/mol. The highest BCUT2D eigenvalue weighted by Gasteiger charge is 2.11. The molecule has 1 aromatic carbocycles. The molecule has 1 N–H and O–H groups in total. The number of thiazole rings is 1. The second kappa shape index (κ2) is 5.45. The lowest BCUT2D eigenvalue weighted by molar-refractivity contribution is 0.0696. The maximum atomic E-state index is 10.9. The Hall–Kier alpha value is -2.54. The topological polar surface area (TPSA) is 73.1 Å². The second-order valence-corrected chi connectivity index (χ2v) is 5.16. The molecule has 0 unspecified atom stereocenters. The van der Waals surface area contributed by atoms with Gasteiger partial charge in [-0.05, 0) is 18.2 Å². The summed E-state index contributed by atoms with van der Waals surface area (Å²) in [6.45, 7) is 0.289. The molecule has 0 spiro atoms. The Bertz CT molecular complexity index is 765. The lowest BCUT2D eigenvalue weighted by Crippen LogP contribution is -2.01. The molecule has 2 aromatic heterocycles. The number of aromatic nitrogens is 2. The van der Waals surface area contributed by atoms with Crippen molar-refractivity contribution < 1.29 is 19.4 Å². The molecule has 0 atom stereocenters. The Kier molecular flexibility index (Phi) is 3.49. The summed E-state index contributed by atoms with van der Waals surface area (Å²) in [5.74, 6) is -0.135. The van der Waals surface area contributed by atoms with E-state index in [0.717, 1.165) is 10.7 Å². The third kappa shape index (κ3) is 2.68. The molecule has 0 aliphatic carbocycles. The standard InChI is InChI=1S/C14H12N2O4S/c1-19-12-6-9(13(17)18)2-3-11(12)20-8-10-7-16-4-5-21-14(16)15-10/h2-7H,8H2,1H3,(H,17,18). The predicted molar refractivity (Wildman–Crippen MR) is 77.4 cm³/mol. The summed E-state index contributed by atoms with van der Waals surface area (Å²) < 4.78 is 12.7. The van der Waals surface area contributed by atoms with Gasteiger partial charge in [-0.15, -0.1) is 11.3 Å². The molecule has 0 radical (unpaired) electrons. The van der Waals surface area contributed by atoms with Crippen LogP contribution in [-0.4, -0.2) is 27.6 Å². The summed E-state index contributed by atoms with van der Waals surface area (Å²) in [5.41, 5.74) is 0.952. The molecule has 0 aliphatic rings. The van der Waals surface area contributed by atoms with Crippen LogP contribution in [0.25, 0.3) is 4.96 Å². The van der Waals surface area contributed by atoms with Crippen molar-refractivity contribution >= 4 is 22.3 Å². The minimum absolute atomic E-state index is 0.154.